The molecule has 39 heavy (non-hydrogen) atoms. The van der Waals surface area contributed by atoms with Crippen LogP contribution in [0.3, 0.4) is 0 Å². The van der Waals surface area contributed by atoms with Crippen molar-refractivity contribution >= 4 is 16.7 Å². The first-order chi connectivity index (χ1) is 18.9. The number of benzene rings is 2. The molecule has 1 unspecified atom stereocenters. The van der Waals surface area contributed by atoms with E-state index in [1.165, 1.54) is 24.0 Å². The van der Waals surface area contributed by atoms with Crippen LogP contribution in [0.5, 0.6) is 11.5 Å². The first-order valence-electron chi connectivity index (χ1n) is 14.8. The fourth-order valence-electron chi connectivity index (χ4n) is 8.49. The van der Waals surface area contributed by atoms with Crippen molar-refractivity contribution in [3.63, 3.8) is 0 Å². The van der Waals surface area contributed by atoms with Gasteiger partial charge in [-0.1, -0.05) is 19.1 Å². The molecule has 3 aromatic rings. The molecule has 7 heteroatoms. The molecule has 1 saturated heterocycles. The molecule has 2 aromatic carbocycles. The van der Waals surface area contributed by atoms with Gasteiger partial charge in [0.25, 0.3) is 0 Å². The third-order valence-corrected chi connectivity index (χ3v) is 10.4. The van der Waals surface area contributed by atoms with Gasteiger partial charge in [0.2, 0.25) is 0 Å². The maximum absolute atomic E-state index is 13.0. The third-order valence-electron chi connectivity index (χ3n) is 10.4. The van der Waals surface area contributed by atoms with Crippen molar-refractivity contribution < 1.29 is 14.9 Å². The van der Waals surface area contributed by atoms with Crippen LogP contribution in [0.2, 0.25) is 0 Å². The van der Waals surface area contributed by atoms with Crippen LogP contribution in [0.4, 0.5) is 0 Å². The predicted octanol–water partition coefficient (Wildman–Crippen LogP) is 4.27. The lowest BCUT2D eigenvalue weighted by atomic mass is 9.49. The van der Waals surface area contributed by atoms with Crippen LogP contribution in [0.1, 0.15) is 73.1 Å². The zero-order valence-corrected chi connectivity index (χ0v) is 22.7. The molecular formula is C32H38N4O3. The number of ether oxygens (including phenoxy) is 1. The molecule has 5 aliphatic rings. The number of aromatic hydroxyl groups is 1. The number of nitrogens with zero attached hydrogens (tertiary/aromatic N) is 2. The van der Waals surface area contributed by atoms with Crippen LogP contribution in [-0.2, 0) is 24.7 Å². The summed E-state index contributed by atoms with van der Waals surface area (Å²) >= 11 is 0. The molecule has 3 heterocycles. The Balaban J connectivity index is 1.24. The van der Waals surface area contributed by atoms with Gasteiger partial charge in [-0.15, -0.1) is 0 Å². The Kier molecular flexibility index (Phi) is 5.03. The highest BCUT2D eigenvalue weighted by Gasteiger charge is 2.72. The van der Waals surface area contributed by atoms with Gasteiger partial charge in [0.05, 0.1) is 22.5 Å². The summed E-state index contributed by atoms with van der Waals surface area (Å²) in [5, 5.41) is 25.1. The molecule has 4 atom stereocenters. The number of hydrogen-bond donors (Lipinski definition) is 4. The lowest BCUT2D eigenvalue weighted by Crippen LogP contribution is -2.74. The molecule has 2 aliphatic heterocycles. The quantitative estimate of drug-likeness (QED) is 0.272. The summed E-state index contributed by atoms with van der Waals surface area (Å²) in [7, 11) is 0. The molecule has 8 rings (SSSR count). The van der Waals surface area contributed by atoms with Gasteiger partial charge in [0.15, 0.2) is 17.6 Å². The molecule has 5 N–H and O–H groups in total. The number of piperidine rings is 1. The van der Waals surface area contributed by atoms with E-state index < -0.39 is 11.0 Å². The van der Waals surface area contributed by atoms with Crippen LogP contribution < -0.4 is 10.5 Å². The molecule has 3 aliphatic carbocycles. The Morgan fingerprint density at radius 1 is 1.26 bits per heavy atom. The van der Waals surface area contributed by atoms with E-state index in [0.29, 0.717) is 18.7 Å². The van der Waals surface area contributed by atoms with Crippen LogP contribution >= 0.6 is 0 Å². The maximum atomic E-state index is 13.0. The fourth-order valence-corrected chi connectivity index (χ4v) is 8.49. The smallest absolute Gasteiger partial charge is 0.166 e. The Labute approximate surface area is 229 Å². The van der Waals surface area contributed by atoms with Crippen LogP contribution in [-0.4, -0.2) is 57.2 Å². The number of aromatic nitrogens is 1. The van der Waals surface area contributed by atoms with Crippen LogP contribution in [0.15, 0.2) is 35.3 Å². The lowest BCUT2D eigenvalue weighted by molar-refractivity contribution is -0.173. The fraction of sp³-hybridized carbons (Fsp3) is 0.531. The second kappa shape index (κ2) is 8.24. The number of likely N-dealkylation sites (tertiary alicyclic amines) is 1. The van der Waals surface area contributed by atoms with Gasteiger partial charge in [-0.25, -0.2) is 0 Å². The second-order valence-corrected chi connectivity index (χ2v) is 12.7. The molecule has 204 valence electrons. The predicted molar refractivity (Wildman–Crippen MR) is 152 cm³/mol. The van der Waals surface area contributed by atoms with Crippen molar-refractivity contribution in [1.82, 2.24) is 9.88 Å². The molecule has 1 aromatic heterocycles. The van der Waals surface area contributed by atoms with E-state index in [4.69, 9.17) is 10.5 Å². The highest BCUT2D eigenvalue weighted by Crippen LogP contribution is 2.69. The number of H-pyrrole nitrogens is 1. The van der Waals surface area contributed by atoms with Crippen LogP contribution in [0, 0.1) is 5.92 Å². The van der Waals surface area contributed by atoms with E-state index in [0.717, 1.165) is 84.7 Å². The average Bonchev–Trinajstić information content (AvgIpc) is 3.56. The third kappa shape index (κ3) is 3.20. The van der Waals surface area contributed by atoms with Gasteiger partial charge in [0, 0.05) is 48.4 Å². The number of phenolic OH excluding ortho intramolecular Hbond substituents is 1. The highest BCUT2D eigenvalue weighted by atomic mass is 16.5. The van der Waals surface area contributed by atoms with E-state index >= 15 is 0 Å². The number of aliphatic hydroxyl groups is 1. The van der Waals surface area contributed by atoms with E-state index in [2.05, 4.69) is 46.1 Å². The summed E-state index contributed by atoms with van der Waals surface area (Å²) in [5.74, 6) is 2.26. The van der Waals surface area contributed by atoms with Crippen molar-refractivity contribution in [1.29, 1.82) is 0 Å². The zero-order chi connectivity index (χ0) is 26.5. The molecule has 1 saturated carbocycles. The van der Waals surface area contributed by atoms with Crippen molar-refractivity contribution in [2.75, 3.05) is 19.6 Å². The topological polar surface area (TPSA) is 107 Å². The number of nitrogens with one attached hydrogen (secondary N) is 1. The van der Waals surface area contributed by atoms with Crippen molar-refractivity contribution in [3.05, 3.63) is 58.3 Å². The SMILES string of the molecule is CCCC(N)=NCCc1ccc2[nH]c3c(c2c1)C[C@@]1(O)C2Cc4ccc(O)c5c4[C@@]1(CCN2CC1CC1)[C@H]3O5. The lowest BCUT2D eigenvalue weighted by Gasteiger charge is -2.62. The van der Waals surface area contributed by atoms with E-state index in [1.54, 1.807) is 6.07 Å². The molecule has 0 amide bonds. The van der Waals surface area contributed by atoms with Gasteiger partial charge in [0.1, 0.15) is 0 Å². The number of fused-ring (bicyclic) bond motifs is 4. The first kappa shape index (κ1) is 23.8. The largest absolute Gasteiger partial charge is 0.504 e. The molecule has 1 spiro atoms. The van der Waals surface area contributed by atoms with Gasteiger partial charge in [-0.3, -0.25) is 9.89 Å². The van der Waals surface area contributed by atoms with Gasteiger partial charge in [-0.2, -0.15) is 0 Å². The maximum Gasteiger partial charge on any atom is 0.166 e. The molecule has 7 nitrogen and oxygen atoms in total. The van der Waals surface area contributed by atoms with Gasteiger partial charge >= 0.3 is 0 Å². The molecule has 2 fully saturated rings. The van der Waals surface area contributed by atoms with Crippen LogP contribution in [0.25, 0.3) is 10.9 Å². The standard InChI is InChI=1S/C32H38N4O3/c1-2-3-26(33)34-12-10-18-6-8-23-21(14-18)22-16-32(38)25-15-20-7-9-24(37)29-27(20)31(32,30(39-29)28(22)35-23)11-13-36(25)17-19-4-5-19/h6-9,14,19,25,30,35,37-38H,2-5,10-13,15-17H2,1H3,(H2,33,34)/t25?,30-,31-,32+/m0/s1. The number of hydrogen-bond acceptors (Lipinski definition) is 5. The summed E-state index contributed by atoms with van der Waals surface area (Å²) in [6.45, 7) is 4.82. The van der Waals surface area contributed by atoms with E-state index in [-0.39, 0.29) is 17.9 Å². The second-order valence-electron chi connectivity index (χ2n) is 12.7. The number of aromatic amines is 1. The number of amidine groups is 1. The molecule has 2 bridgehead atoms. The Morgan fingerprint density at radius 2 is 2.13 bits per heavy atom. The minimum atomic E-state index is -0.964. The molecule has 0 radical (unpaired) electrons. The highest BCUT2D eigenvalue weighted by molar-refractivity contribution is 5.87. The minimum absolute atomic E-state index is 0.0399. The normalized spacial score (nSPS) is 30.8. The Bertz CT molecular complexity index is 1520. The van der Waals surface area contributed by atoms with Gasteiger partial charge < -0.3 is 25.7 Å². The summed E-state index contributed by atoms with van der Waals surface area (Å²) in [5.41, 5.74) is 11.3. The van der Waals surface area contributed by atoms with Gasteiger partial charge in [-0.05, 0) is 85.9 Å². The number of nitrogens with two attached hydrogens (primary N) is 1. The van der Waals surface area contributed by atoms with Crippen molar-refractivity contribution in [3.8, 4) is 11.5 Å². The molecular weight excluding hydrogens is 488 g/mol. The summed E-state index contributed by atoms with van der Waals surface area (Å²) in [4.78, 5) is 10.8. The Morgan fingerprint density at radius 3 is 2.95 bits per heavy atom. The minimum Gasteiger partial charge on any atom is -0.504 e. The first-order valence-corrected chi connectivity index (χ1v) is 14.8. The van der Waals surface area contributed by atoms with E-state index in [1.807, 2.05) is 0 Å². The monoisotopic (exact) mass is 526 g/mol. The summed E-state index contributed by atoms with van der Waals surface area (Å²) < 4.78 is 6.71. The van der Waals surface area contributed by atoms with E-state index in [9.17, 15) is 10.2 Å². The Hall–Kier alpha value is -3.03. The number of aliphatic imine (C=N–C) groups is 1. The average molecular weight is 527 g/mol. The van der Waals surface area contributed by atoms with Crippen molar-refractivity contribution in [2.24, 2.45) is 16.6 Å². The summed E-state index contributed by atoms with van der Waals surface area (Å²) in [6.07, 6.45) is 7.16. The zero-order valence-electron chi connectivity index (χ0n) is 22.7. The number of phenols is 1. The van der Waals surface area contributed by atoms with Crippen molar-refractivity contribution in [2.45, 2.75) is 81.5 Å². The number of rotatable bonds is 7. The summed E-state index contributed by atoms with van der Waals surface area (Å²) in [6, 6.07) is 10.5.